The quantitative estimate of drug-likeness (QED) is 0.212. The Morgan fingerprint density at radius 3 is 0.102 bits per heavy atom. The summed E-state index contributed by atoms with van der Waals surface area (Å²) < 4.78 is 0. The Labute approximate surface area is 1170 Å². The van der Waals surface area contributed by atoms with Gasteiger partial charge in [-0.25, -0.2) is 0 Å². The van der Waals surface area contributed by atoms with Crippen LogP contribution in [-0.4, -0.2) is 0 Å². The molecule has 0 aromatic rings. The molecule has 0 aromatic carbocycles. The summed E-state index contributed by atoms with van der Waals surface area (Å²) in [7, 11) is 0. The minimum absolute atomic E-state index is 0. The summed E-state index contributed by atoms with van der Waals surface area (Å²) in [6.45, 7) is 61.5. The van der Waals surface area contributed by atoms with Crippen LogP contribution in [0.4, 0.5) is 0 Å². The van der Waals surface area contributed by atoms with E-state index in [0.717, 1.165) is 0 Å². The second-order valence-electron chi connectivity index (χ2n) is 21.7. The van der Waals surface area contributed by atoms with Gasteiger partial charge in [0.15, 0.2) is 0 Å². The maximum Gasteiger partial charge on any atom is 0 e. The summed E-state index contributed by atoms with van der Waals surface area (Å²) in [6, 6.07) is 0. The molecule has 0 heterocycles. The van der Waals surface area contributed by atoms with Crippen molar-refractivity contribution in [2.24, 2.45) is 0 Å². The molecule has 6 aliphatic rings. The minimum Gasteiger partial charge on any atom is -0.358 e. The number of hydrogen-bond donors (Lipinski definition) is 0. The van der Waals surface area contributed by atoms with E-state index in [0.29, 0.717) is 0 Å². The Kier molecular flexibility index (Phi) is 1100. The van der Waals surface area contributed by atoms with E-state index in [1.807, 2.05) is 83.1 Å². The third-order valence-corrected chi connectivity index (χ3v) is 9.00. The van der Waals surface area contributed by atoms with E-state index in [9.17, 15) is 0 Å². The molecule has 0 saturated heterocycles. The van der Waals surface area contributed by atoms with E-state index >= 15 is 0 Å². The van der Waals surface area contributed by atoms with Gasteiger partial charge in [0.2, 0.25) is 0 Å². The molecule has 654 valence electrons. The van der Waals surface area contributed by atoms with E-state index in [4.69, 9.17) is 0 Å². The van der Waals surface area contributed by atoms with Crippen LogP contribution in [-0.2, 0) is 589 Å². The van der Waals surface area contributed by atoms with Gasteiger partial charge in [-0.15, -0.1) is 0 Å². The van der Waals surface area contributed by atoms with Crippen molar-refractivity contribution >= 4 is 0 Å². The SMILES string of the molecule is C1CCCCC1.C1CCCCC1.C1CCCCC1.C1CCCCC1.C1CCCCC1.C1CCCCC1.CC.CC.CC.CC.CC.CC.C[C-](C)C.C[C-](C)C.C[C-](C)C.C[C-](C)C.C[C-](C)C.C[C-](C)C.[CH3-].[CH3-].[CH3-].[CH3-].[CH3-].[CH3-].[CH3-].[CH3-].[CH3-].[CH3-].[CH3-].[CH3-].[CH3-].[CH3-].[CH3-].[CH3-].[CH3-].[CH3-].[Y].[Y].[Y].[Y].[Y].[Y].[Y].[Y].[Y].[Y].[Y].[Y].[Y].[Y].[Y].[Y].[Y].[Y]. The topological polar surface area (TPSA) is 0 Å². The summed E-state index contributed by atoms with van der Waals surface area (Å²) in [5, 5.41) is 0. The van der Waals surface area contributed by atoms with Crippen LogP contribution >= 0.6 is 0 Å². The molecule has 18 radical (unpaired) electrons. The summed E-state index contributed by atoms with van der Waals surface area (Å²) >= 11 is 0. The first-order chi connectivity index (χ1) is 34.4. The average Bonchev–Trinajstić information content (AvgIpc) is 3.41. The molecule has 6 fully saturated rings. The number of rotatable bonds is 0. The normalized spacial score (nSPS) is 10.3. The molecule has 0 unspecified atom stereocenters. The standard InChI is InChI=1S/6C6H12.6C4H9.6C2H6.18CH3.18Y/c6*1-2-4-6-5-3-1;6*1-4(2)3;6*1-2;;;;;;;;;;;;;;;;;;;;;;;;;;;;;;;;;;;;/h6*1-6H2;6*1-3H3;6*1-2H3;18*1H3;;;;;;;;;;;;;;;;;;/q;;;;;;6*-1;;;;;;;18*-1;;;;;;;;;;;;;;;;;;. The van der Waals surface area contributed by atoms with E-state index in [-0.39, 0.29) is 722 Å². The van der Waals surface area contributed by atoms with E-state index in [1.165, 1.54) is 267 Å². The van der Waals surface area contributed by atoms with Gasteiger partial charge in [-0.2, -0.15) is 125 Å². The first-order valence-corrected chi connectivity index (χ1v) is 33.0. The summed E-state index contributed by atoms with van der Waals surface area (Å²) in [5.74, 6) is 8.50. The third kappa shape index (κ3) is 629. The molecule has 6 saturated carbocycles. The maximum atomic E-state index is 2.08. The zero-order valence-electron chi connectivity index (χ0n) is 86.8. The fourth-order valence-corrected chi connectivity index (χ4v) is 6.36. The molecule has 6 rings (SSSR count). The molecule has 0 aromatic heterocycles. The molecule has 108 heavy (non-hydrogen) atoms. The Hall–Kier alpha value is 19.9. The molecular formula is C90H216Y18-24. The van der Waals surface area contributed by atoms with E-state index in [2.05, 4.69) is 125 Å². The minimum atomic E-state index is 0. The zero-order chi connectivity index (χ0) is 58.9. The first kappa shape index (κ1) is 323. The second-order valence-corrected chi connectivity index (χ2v) is 21.7. The maximum absolute atomic E-state index is 2.08. The monoisotopic (exact) mass is 2900 g/mol. The van der Waals surface area contributed by atoms with Gasteiger partial charge in [-0.1, -0.05) is 314 Å². The smallest absolute Gasteiger partial charge is 0 e. The van der Waals surface area contributed by atoms with Crippen LogP contribution in [0, 0.1) is 169 Å². The van der Waals surface area contributed by atoms with Gasteiger partial charge in [0.1, 0.15) is 0 Å². The number of hydrogen-bond acceptors (Lipinski definition) is 0. The van der Waals surface area contributed by atoms with Gasteiger partial charge in [-0.05, 0) is 0 Å². The molecule has 18 heteroatoms. The average molecular weight is 2900 g/mol. The van der Waals surface area contributed by atoms with Gasteiger partial charge in [0, 0.05) is 589 Å². The summed E-state index contributed by atoms with van der Waals surface area (Å²) in [4.78, 5) is 0. The summed E-state index contributed by atoms with van der Waals surface area (Å²) in [5.41, 5.74) is 0. The van der Waals surface area contributed by atoms with Crippen LogP contribution < -0.4 is 0 Å². The fraction of sp³-hybridized carbons (Fsp3) is 0.733. The van der Waals surface area contributed by atoms with Crippen molar-refractivity contribution in [3.05, 3.63) is 169 Å². The van der Waals surface area contributed by atoms with Gasteiger partial charge >= 0.3 is 0 Å². The van der Waals surface area contributed by atoms with E-state index in [1.54, 1.807) is 0 Å². The molecular weight excluding hydrogens is 2680 g/mol. The Morgan fingerprint density at radius 2 is 0.0926 bits per heavy atom. The molecule has 0 nitrogen and oxygen atoms in total. The van der Waals surface area contributed by atoms with Crippen molar-refractivity contribution < 1.29 is 589 Å². The van der Waals surface area contributed by atoms with Crippen LogP contribution in [0.5, 0.6) is 0 Å². The molecule has 0 atom stereocenters. The summed E-state index contributed by atoms with van der Waals surface area (Å²) in [6.07, 6.45) is 54.0. The van der Waals surface area contributed by atoms with Gasteiger partial charge in [0.25, 0.3) is 0 Å². The Balaban J connectivity index is -0.00000000760. The molecule has 0 amide bonds. The van der Waals surface area contributed by atoms with Crippen LogP contribution in [0.15, 0.2) is 0 Å². The van der Waals surface area contributed by atoms with Gasteiger partial charge in [-0.3, -0.25) is 0 Å². The first-order valence-electron chi connectivity index (χ1n) is 33.0. The van der Waals surface area contributed by atoms with Crippen molar-refractivity contribution in [3.63, 3.8) is 0 Å². The molecule has 0 aliphatic heterocycles. The molecule has 0 N–H and O–H groups in total. The van der Waals surface area contributed by atoms with Crippen LogP contribution in [0.25, 0.3) is 0 Å². The van der Waals surface area contributed by atoms with Crippen molar-refractivity contribution in [2.75, 3.05) is 0 Å². The second kappa shape index (κ2) is 368. The van der Waals surface area contributed by atoms with Crippen LogP contribution in [0.3, 0.4) is 0 Å². The fourth-order valence-electron chi connectivity index (χ4n) is 6.36. The van der Waals surface area contributed by atoms with Crippen molar-refractivity contribution in [2.45, 2.75) is 439 Å². The Morgan fingerprint density at radius 1 is 0.0833 bits per heavy atom. The largest absolute Gasteiger partial charge is 0.358 e. The predicted octanol–water partition coefficient (Wildman–Crippen LogP) is 38.0. The third-order valence-electron chi connectivity index (χ3n) is 9.00. The molecule has 6 aliphatic carbocycles. The van der Waals surface area contributed by atoms with Crippen molar-refractivity contribution in [1.82, 2.24) is 0 Å². The van der Waals surface area contributed by atoms with Gasteiger partial charge < -0.3 is 169 Å². The molecule has 0 bridgehead atoms. The Bertz CT molecular complexity index is 431. The van der Waals surface area contributed by atoms with Crippen molar-refractivity contribution in [3.8, 4) is 0 Å². The zero-order valence-corrected chi connectivity index (χ0v) is 138. The van der Waals surface area contributed by atoms with Crippen LogP contribution in [0.2, 0.25) is 0 Å². The predicted molar refractivity (Wildman–Crippen MR) is 471 cm³/mol. The molecule has 0 spiro atoms. The van der Waals surface area contributed by atoms with E-state index < -0.39 is 0 Å². The van der Waals surface area contributed by atoms with Crippen LogP contribution in [0.1, 0.15) is 439 Å². The van der Waals surface area contributed by atoms with Gasteiger partial charge in [0.05, 0.1) is 0 Å². The van der Waals surface area contributed by atoms with Crippen molar-refractivity contribution in [1.29, 1.82) is 0 Å².